The number of carboxylic acids is 1. The molecule has 2 aromatic carbocycles. The van der Waals surface area contributed by atoms with Crippen molar-refractivity contribution >= 4 is 17.6 Å². The number of halogens is 3. The van der Waals surface area contributed by atoms with E-state index in [1.165, 1.54) is 7.05 Å². The highest BCUT2D eigenvalue weighted by molar-refractivity contribution is 6.34. The molecule has 0 spiro atoms. The van der Waals surface area contributed by atoms with E-state index in [2.05, 4.69) is 9.84 Å². The van der Waals surface area contributed by atoms with Gasteiger partial charge in [0.05, 0.1) is 6.42 Å². The summed E-state index contributed by atoms with van der Waals surface area (Å²) in [4.78, 5) is 11.2. The quantitative estimate of drug-likeness (QED) is 0.455. The minimum absolute atomic E-state index is 0.0102. The van der Waals surface area contributed by atoms with Crippen LogP contribution in [0.4, 0.5) is 8.78 Å². The van der Waals surface area contributed by atoms with Gasteiger partial charge >= 0.3 is 12.6 Å². The zero-order valence-corrected chi connectivity index (χ0v) is 18.1. The zero-order valence-electron chi connectivity index (χ0n) is 17.3. The second-order valence-corrected chi connectivity index (χ2v) is 7.34. The van der Waals surface area contributed by atoms with Crippen LogP contribution in [0.1, 0.15) is 12.0 Å². The fourth-order valence-corrected chi connectivity index (χ4v) is 3.30. The largest absolute Gasteiger partial charge is 0.490 e. The minimum Gasteiger partial charge on any atom is -0.490 e. The number of carbonyl (C=O) groups is 1. The van der Waals surface area contributed by atoms with Gasteiger partial charge in [0.1, 0.15) is 34.9 Å². The SMILES string of the molecule is Cc1cccc(OC(COc2ccc(-c3nn(C)c(OC(F)F)c3Cl)cc2)CC(=O)O)c1. The summed E-state index contributed by atoms with van der Waals surface area (Å²) in [7, 11) is 1.45. The van der Waals surface area contributed by atoms with Gasteiger partial charge in [-0.25, -0.2) is 4.68 Å². The van der Waals surface area contributed by atoms with Crippen LogP contribution in [0.15, 0.2) is 48.5 Å². The van der Waals surface area contributed by atoms with Crippen molar-refractivity contribution in [2.45, 2.75) is 26.1 Å². The van der Waals surface area contributed by atoms with E-state index in [1.807, 2.05) is 25.1 Å². The highest BCUT2D eigenvalue weighted by Gasteiger charge is 2.21. The number of alkyl halides is 2. The Balaban J connectivity index is 1.68. The summed E-state index contributed by atoms with van der Waals surface area (Å²) in [5.41, 5.74) is 1.84. The highest BCUT2D eigenvalue weighted by Crippen LogP contribution is 2.36. The molecule has 170 valence electrons. The maximum Gasteiger partial charge on any atom is 0.388 e. The van der Waals surface area contributed by atoms with Crippen LogP contribution < -0.4 is 14.2 Å². The van der Waals surface area contributed by atoms with Crippen molar-refractivity contribution in [2.24, 2.45) is 7.05 Å². The van der Waals surface area contributed by atoms with Crippen molar-refractivity contribution in [1.29, 1.82) is 0 Å². The molecule has 0 bridgehead atoms. The fraction of sp³-hybridized carbons (Fsp3) is 0.273. The molecule has 10 heteroatoms. The van der Waals surface area contributed by atoms with Crippen molar-refractivity contribution in [3.63, 3.8) is 0 Å². The van der Waals surface area contributed by atoms with Gasteiger partial charge in [-0.2, -0.15) is 13.9 Å². The lowest BCUT2D eigenvalue weighted by molar-refractivity contribution is -0.139. The summed E-state index contributed by atoms with van der Waals surface area (Å²) in [5, 5.41) is 13.3. The Morgan fingerprint density at radius 3 is 2.50 bits per heavy atom. The molecule has 3 rings (SSSR count). The Morgan fingerprint density at radius 1 is 1.16 bits per heavy atom. The molecule has 0 aliphatic rings. The average molecular weight is 467 g/mol. The van der Waals surface area contributed by atoms with E-state index >= 15 is 0 Å². The molecule has 0 amide bonds. The Labute approximate surface area is 188 Å². The topological polar surface area (TPSA) is 82.8 Å². The molecule has 1 N–H and O–H groups in total. The van der Waals surface area contributed by atoms with Gasteiger partial charge in [-0.1, -0.05) is 23.7 Å². The lowest BCUT2D eigenvalue weighted by atomic mass is 10.1. The monoisotopic (exact) mass is 466 g/mol. The van der Waals surface area contributed by atoms with Crippen LogP contribution in [0.3, 0.4) is 0 Å². The van der Waals surface area contributed by atoms with Gasteiger partial charge in [-0.05, 0) is 48.9 Å². The predicted octanol–water partition coefficient (Wildman–Crippen LogP) is 4.95. The Kier molecular flexibility index (Phi) is 7.53. The molecule has 32 heavy (non-hydrogen) atoms. The first-order valence-corrected chi connectivity index (χ1v) is 9.96. The molecule has 0 aliphatic heterocycles. The van der Waals surface area contributed by atoms with Crippen LogP contribution in [0.5, 0.6) is 17.4 Å². The van der Waals surface area contributed by atoms with Crippen molar-refractivity contribution in [2.75, 3.05) is 6.61 Å². The van der Waals surface area contributed by atoms with Crippen molar-refractivity contribution in [3.05, 3.63) is 59.1 Å². The molecule has 7 nitrogen and oxygen atoms in total. The highest BCUT2D eigenvalue weighted by atomic mass is 35.5. The lowest BCUT2D eigenvalue weighted by Crippen LogP contribution is -2.27. The van der Waals surface area contributed by atoms with Gasteiger partial charge in [-0.3, -0.25) is 4.79 Å². The second kappa shape index (κ2) is 10.3. The average Bonchev–Trinajstić information content (AvgIpc) is 3.00. The van der Waals surface area contributed by atoms with E-state index in [-0.39, 0.29) is 29.6 Å². The standard InChI is InChI=1S/C22H21ClF2N2O5/c1-13-4-3-5-16(10-13)31-17(11-18(28)29)12-30-15-8-6-14(7-9-15)20-19(23)21(27(2)26-20)32-22(24)25/h3-10,17,22H,11-12H2,1-2H3,(H,28,29). The summed E-state index contributed by atoms with van der Waals surface area (Å²) in [5.74, 6) is -0.218. The fourth-order valence-electron chi connectivity index (χ4n) is 2.99. The molecule has 1 heterocycles. The Bertz CT molecular complexity index is 1070. The molecule has 1 atom stereocenters. The van der Waals surface area contributed by atoms with E-state index in [9.17, 15) is 13.6 Å². The van der Waals surface area contributed by atoms with Gasteiger partial charge in [0.25, 0.3) is 0 Å². The number of hydrogen-bond donors (Lipinski definition) is 1. The summed E-state index contributed by atoms with van der Waals surface area (Å²) in [6.07, 6.45) is -0.934. The van der Waals surface area contributed by atoms with Crippen LogP contribution in [0.2, 0.25) is 5.02 Å². The van der Waals surface area contributed by atoms with Gasteiger partial charge in [0.2, 0.25) is 5.88 Å². The molecule has 1 aromatic heterocycles. The maximum absolute atomic E-state index is 12.5. The van der Waals surface area contributed by atoms with Gasteiger partial charge in [0, 0.05) is 12.6 Å². The number of hydrogen-bond acceptors (Lipinski definition) is 5. The molecule has 1 unspecified atom stereocenters. The van der Waals surface area contributed by atoms with Gasteiger partial charge in [-0.15, -0.1) is 0 Å². The van der Waals surface area contributed by atoms with Crippen LogP contribution in [0.25, 0.3) is 11.3 Å². The summed E-state index contributed by atoms with van der Waals surface area (Å²) in [6.45, 7) is -1.10. The predicted molar refractivity (Wildman–Crippen MR) is 114 cm³/mol. The van der Waals surface area contributed by atoms with Crippen LogP contribution >= 0.6 is 11.6 Å². The summed E-state index contributed by atoms with van der Waals surface area (Å²) < 4.78 is 42.1. The third-order valence-electron chi connectivity index (χ3n) is 4.40. The van der Waals surface area contributed by atoms with Crippen molar-refractivity contribution in [3.8, 4) is 28.6 Å². The van der Waals surface area contributed by atoms with E-state index in [0.717, 1.165) is 10.2 Å². The number of aliphatic carboxylic acids is 1. The van der Waals surface area contributed by atoms with E-state index in [0.29, 0.717) is 17.1 Å². The molecule has 0 aliphatic carbocycles. The number of rotatable bonds is 10. The molecular formula is C22H21ClF2N2O5. The van der Waals surface area contributed by atoms with Gasteiger partial charge in [0.15, 0.2) is 0 Å². The number of benzene rings is 2. The molecule has 3 aromatic rings. The van der Waals surface area contributed by atoms with Crippen LogP contribution in [0, 0.1) is 6.92 Å². The van der Waals surface area contributed by atoms with Crippen molar-refractivity contribution in [1.82, 2.24) is 9.78 Å². The molecule has 0 saturated heterocycles. The van der Waals surface area contributed by atoms with Crippen molar-refractivity contribution < 1.29 is 32.9 Å². The number of nitrogens with zero attached hydrogens (tertiary/aromatic N) is 2. The first-order valence-electron chi connectivity index (χ1n) is 9.58. The molecule has 0 saturated carbocycles. The first-order chi connectivity index (χ1) is 15.2. The Morgan fingerprint density at radius 2 is 1.88 bits per heavy atom. The normalized spacial score (nSPS) is 11.9. The maximum atomic E-state index is 12.5. The summed E-state index contributed by atoms with van der Waals surface area (Å²) >= 11 is 6.14. The van der Waals surface area contributed by atoms with E-state index < -0.39 is 18.7 Å². The number of carboxylic acid groups (broad SMARTS) is 1. The second-order valence-electron chi connectivity index (χ2n) is 6.96. The molecule has 0 fully saturated rings. The number of aryl methyl sites for hydroxylation is 2. The minimum atomic E-state index is -3.02. The van der Waals surface area contributed by atoms with Crippen LogP contribution in [-0.2, 0) is 11.8 Å². The number of ether oxygens (including phenoxy) is 3. The lowest BCUT2D eigenvalue weighted by Gasteiger charge is -2.18. The van der Waals surface area contributed by atoms with Crippen LogP contribution in [-0.4, -0.2) is 40.2 Å². The zero-order chi connectivity index (χ0) is 23.3. The van der Waals surface area contributed by atoms with E-state index in [4.69, 9.17) is 26.2 Å². The first kappa shape index (κ1) is 23.3. The number of aromatic nitrogens is 2. The Hall–Kier alpha value is -3.33. The van der Waals surface area contributed by atoms with Gasteiger partial charge < -0.3 is 19.3 Å². The smallest absolute Gasteiger partial charge is 0.388 e. The third-order valence-corrected chi connectivity index (χ3v) is 4.74. The third kappa shape index (κ3) is 6.10. The molecular weight excluding hydrogens is 446 g/mol. The van der Waals surface area contributed by atoms with E-state index in [1.54, 1.807) is 30.3 Å². The summed E-state index contributed by atoms with van der Waals surface area (Å²) in [6, 6.07) is 13.9. The molecule has 0 radical (unpaired) electrons.